The van der Waals surface area contributed by atoms with E-state index in [1.54, 1.807) is 27.1 Å². The van der Waals surface area contributed by atoms with E-state index in [0.717, 1.165) is 5.75 Å². The molecular weight excluding hydrogens is 244 g/mol. The van der Waals surface area contributed by atoms with Gasteiger partial charge in [-0.2, -0.15) is 0 Å². The van der Waals surface area contributed by atoms with Crippen LogP contribution in [-0.2, 0) is 4.79 Å². The number of ether oxygens (including phenoxy) is 2. The highest BCUT2D eigenvalue weighted by Gasteiger charge is 2.31. The van der Waals surface area contributed by atoms with Gasteiger partial charge in [0, 0.05) is 12.5 Å². The lowest BCUT2D eigenvalue weighted by molar-refractivity contribution is -0.124. The third-order valence-corrected chi connectivity index (χ3v) is 3.17. The van der Waals surface area contributed by atoms with Crippen molar-refractivity contribution in [2.24, 2.45) is 5.73 Å². The summed E-state index contributed by atoms with van der Waals surface area (Å²) in [6.07, 6.45) is 0.327. The molecule has 0 fully saturated rings. The Morgan fingerprint density at radius 1 is 1.47 bits per heavy atom. The fourth-order valence-electron chi connectivity index (χ4n) is 1.85. The van der Waals surface area contributed by atoms with E-state index in [-0.39, 0.29) is 6.10 Å². The molecule has 5 nitrogen and oxygen atoms in total. The molecule has 1 aromatic carbocycles. The number of carbonyl (C=O) groups is 1. The minimum Gasteiger partial charge on any atom is -0.497 e. The lowest BCUT2D eigenvalue weighted by atomic mass is 9.94. The first kappa shape index (κ1) is 15.3. The Balaban J connectivity index is 2.69. The van der Waals surface area contributed by atoms with Gasteiger partial charge in [-0.05, 0) is 33.0 Å². The zero-order chi connectivity index (χ0) is 14.5. The quantitative estimate of drug-likeness (QED) is 0.780. The van der Waals surface area contributed by atoms with E-state index in [1.807, 2.05) is 25.1 Å². The van der Waals surface area contributed by atoms with Gasteiger partial charge in [-0.25, -0.2) is 0 Å². The monoisotopic (exact) mass is 266 g/mol. The molecule has 0 aliphatic rings. The molecule has 19 heavy (non-hydrogen) atoms. The van der Waals surface area contributed by atoms with Gasteiger partial charge < -0.3 is 20.5 Å². The van der Waals surface area contributed by atoms with Gasteiger partial charge in [-0.1, -0.05) is 6.07 Å². The Labute approximate surface area is 114 Å². The summed E-state index contributed by atoms with van der Waals surface area (Å²) in [5.74, 6) is 1.04. The van der Waals surface area contributed by atoms with Crippen LogP contribution in [0, 0.1) is 0 Å². The first-order chi connectivity index (χ1) is 8.91. The van der Waals surface area contributed by atoms with Crippen LogP contribution in [0.15, 0.2) is 24.3 Å². The molecule has 0 heterocycles. The van der Waals surface area contributed by atoms with E-state index < -0.39 is 11.4 Å². The van der Waals surface area contributed by atoms with E-state index >= 15 is 0 Å². The number of benzene rings is 1. The number of hydrogen-bond donors (Lipinski definition) is 2. The topological polar surface area (TPSA) is 73.6 Å². The molecule has 0 bridgehead atoms. The molecule has 1 amide bonds. The maximum absolute atomic E-state index is 11.4. The van der Waals surface area contributed by atoms with Gasteiger partial charge in [-0.3, -0.25) is 4.79 Å². The lowest BCUT2D eigenvalue weighted by Crippen LogP contribution is -2.53. The minimum absolute atomic E-state index is 0.156. The van der Waals surface area contributed by atoms with Crippen LogP contribution in [0.3, 0.4) is 0 Å². The molecule has 0 radical (unpaired) electrons. The van der Waals surface area contributed by atoms with Crippen molar-refractivity contribution in [1.82, 2.24) is 5.32 Å². The number of nitrogens with two attached hydrogens (primary N) is 1. The number of methoxy groups -OCH3 is 1. The number of likely N-dealkylation sites (N-methyl/N-ethyl adjacent to an activating group) is 1. The van der Waals surface area contributed by atoms with Crippen molar-refractivity contribution in [2.75, 3.05) is 14.2 Å². The standard InChI is InChI=1S/C14H22N2O3/c1-10(9-14(2,16-3)13(15)17)19-12-7-5-6-11(8-12)18-4/h5-8,10,16H,9H2,1-4H3,(H2,15,17). The third-order valence-electron chi connectivity index (χ3n) is 3.17. The van der Waals surface area contributed by atoms with E-state index in [0.29, 0.717) is 12.2 Å². The Morgan fingerprint density at radius 3 is 2.63 bits per heavy atom. The van der Waals surface area contributed by atoms with E-state index in [2.05, 4.69) is 5.32 Å². The van der Waals surface area contributed by atoms with Crippen LogP contribution in [0.1, 0.15) is 20.3 Å². The second-order valence-electron chi connectivity index (χ2n) is 4.76. The number of primary amides is 1. The van der Waals surface area contributed by atoms with Crippen LogP contribution in [0.25, 0.3) is 0 Å². The Hall–Kier alpha value is -1.75. The average Bonchev–Trinajstić information content (AvgIpc) is 2.38. The van der Waals surface area contributed by atoms with Crippen molar-refractivity contribution in [1.29, 1.82) is 0 Å². The van der Waals surface area contributed by atoms with Crippen LogP contribution in [0.4, 0.5) is 0 Å². The normalized spacial score (nSPS) is 15.4. The Bertz CT molecular complexity index is 436. The summed E-state index contributed by atoms with van der Waals surface area (Å²) in [5, 5.41) is 2.94. The molecule has 106 valence electrons. The highest BCUT2D eigenvalue weighted by Crippen LogP contribution is 2.22. The molecule has 0 aromatic heterocycles. The molecule has 0 spiro atoms. The maximum atomic E-state index is 11.4. The Kier molecular flexibility index (Phi) is 5.18. The van der Waals surface area contributed by atoms with E-state index in [4.69, 9.17) is 15.2 Å². The van der Waals surface area contributed by atoms with Gasteiger partial charge in [0.2, 0.25) is 5.91 Å². The fourth-order valence-corrected chi connectivity index (χ4v) is 1.85. The van der Waals surface area contributed by atoms with Gasteiger partial charge >= 0.3 is 0 Å². The van der Waals surface area contributed by atoms with Gasteiger partial charge in [-0.15, -0.1) is 0 Å². The molecule has 3 N–H and O–H groups in total. The average molecular weight is 266 g/mol. The fraction of sp³-hybridized carbons (Fsp3) is 0.500. The molecular formula is C14H22N2O3. The van der Waals surface area contributed by atoms with Crippen molar-refractivity contribution in [3.8, 4) is 11.5 Å². The molecule has 2 unspecified atom stereocenters. The SMILES string of the molecule is CNC(C)(CC(C)Oc1cccc(OC)c1)C(N)=O. The first-order valence-corrected chi connectivity index (χ1v) is 6.21. The van der Waals surface area contributed by atoms with Crippen LogP contribution in [0.2, 0.25) is 0 Å². The zero-order valence-electron chi connectivity index (χ0n) is 11.9. The van der Waals surface area contributed by atoms with Crippen LogP contribution < -0.4 is 20.5 Å². The van der Waals surface area contributed by atoms with Gasteiger partial charge in [0.05, 0.1) is 18.8 Å². The minimum atomic E-state index is -0.779. The smallest absolute Gasteiger partial charge is 0.237 e. The molecule has 0 aliphatic heterocycles. The summed E-state index contributed by atoms with van der Waals surface area (Å²) < 4.78 is 10.9. The number of rotatable bonds is 7. The predicted molar refractivity (Wildman–Crippen MR) is 74.4 cm³/mol. The summed E-state index contributed by atoms with van der Waals surface area (Å²) in [6, 6.07) is 7.35. The van der Waals surface area contributed by atoms with Crippen molar-refractivity contribution in [3.05, 3.63) is 24.3 Å². The summed E-state index contributed by atoms with van der Waals surface area (Å²) in [5.41, 5.74) is 4.61. The maximum Gasteiger partial charge on any atom is 0.237 e. The summed E-state index contributed by atoms with van der Waals surface area (Å²) >= 11 is 0. The summed E-state index contributed by atoms with van der Waals surface area (Å²) in [6.45, 7) is 3.67. The largest absolute Gasteiger partial charge is 0.497 e. The number of amides is 1. The first-order valence-electron chi connectivity index (χ1n) is 6.21. The second kappa shape index (κ2) is 6.43. The van der Waals surface area contributed by atoms with Crippen molar-refractivity contribution in [3.63, 3.8) is 0 Å². The number of nitrogens with one attached hydrogen (secondary N) is 1. The van der Waals surface area contributed by atoms with Crippen molar-refractivity contribution < 1.29 is 14.3 Å². The molecule has 0 saturated carbocycles. The number of carbonyl (C=O) groups excluding carboxylic acids is 1. The highest BCUT2D eigenvalue weighted by molar-refractivity contribution is 5.84. The second-order valence-corrected chi connectivity index (χ2v) is 4.76. The summed E-state index contributed by atoms with van der Waals surface area (Å²) in [4.78, 5) is 11.4. The van der Waals surface area contributed by atoms with Crippen molar-refractivity contribution in [2.45, 2.75) is 31.9 Å². The van der Waals surface area contributed by atoms with Crippen molar-refractivity contribution >= 4 is 5.91 Å². The van der Waals surface area contributed by atoms with Crippen LogP contribution >= 0.6 is 0 Å². The summed E-state index contributed by atoms with van der Waals surface area (Å²) in [7, 11) is 3.32. The molecule has 1 aromatic rings. The third kappa shape index (κ3) is 4.13. The van der Waals surface area contributed by atoms with E-state index in [9.17, 15) is 4.79 Å². The van der Waals surface area contributed by atoms with E-state index in [1.165, 1.54) is 0 Å². The van der Waals surface area contributed by atoms with Gasteiger partial charge in [0.15, 0.2) is 0 Å². The molecule has 2 atom stereocenters. The molecule has 5 heteroatoms. The van der Waals surface area contributed by atoms with Gasteiger partial charge in [0.25, 0.3) is 0 Å². The highest BCUT2D eigenvalue weighted by atomic mass is 16.5. The lowest BCUT2D eigenvalue weighted by Gasteiger charge is -2.28. The van der Waals surface area contributed by atoms with Crippen LogP contribution in [-0.4, -0.2) is 31.7 Å². The zero-order valence-corrected chi connectivity index (χ0v) is 11.9. The molecule has 1 rings (SSSR count). The predicted octanol–water partition coefficient (Wildman–Crippen LogP) is 1.32. The molecule has 0 aliphatic carbocycles. The number of hydrogen-bond acceptors (Lipinski definition) is 4. The Morgan fingerprint density at radius 2 is 2.11 bits per heavy atom. The van der Waals surface area contributed by atoms with Crippen LogP contribution in [0.5, 0.6) is 11.5 Å². The van der Waals surface area contributed by atoms with Gasteiger partial charge in [0.1, 0.15) is 11.5 Å². The molecule has 0 saturated heterocycles.